The molecule has 3 aromatic carbocycles. The van der Waals surface area contributed by atoms with Crippen LogP contribution in [-0.2, 0) is 26.5 Å². The van der Waals surface area contributed by atoms with Crippen LogP contribution in [0, 0.1) is 18.7 Å². The lowest BCUT2D eigenvalue weighted by Crippen LogP contribution is -2.42. The van der Waals surface area contributed by atoms with Gasteiger partial charge >= 0.3 is 0 Å². The third-order valence-electron chi connectivity index (χ3n) is 7.13. The lowest BCUT2D eigenvalue weighted by atomic mass is 9.68. The van der Waals surface area contributed by atoms with Gasteiger partial charge in [0.15, 0.2) is 0 Å². The predicted molar refractivity (Wildman–Crippen MR) is 145 cm³/mol. The fourth-order valence-corrected chi connectivity index (χ4v) is 6.38. The molecule has 37 heavy (non-hydrogen) atoms. The molecular formula is C29H32ClFN2O3S. The number of hydrogen-bond donors (Lipinski definition) is 2. The molecule has 1 amide bonds. The lowest BCUT2D eigenvalue weighted by Gasteiger charge is -2.40. The summed E-state index contributed by atoms with van der Waals surface area (Å²) >= 11 is 5.91. The largest absolute Gasteiger partial charge is 0.323 e. The Hall–Kier alpha value is -2.74. The molecule has 0 atom stereocenters. The van der Waals surface area contributed by atoms with Crippen molar-refractivity contribution in [2.75, 3.05) is 18.4 Å². The fraction of sp³-hybridized carbons (Fsp3) is 0.345. The van der Waals surface area contributed by atoms with Gasteiger partial charge in [0.05, 0.1) is 15.5 Å². The minimum Gasteiger partial charge on any atom is -0.323 e. The number of amides is 1. The van der Waals surface area contributed by atoms with E-state index in [0.717, 1.165) is 42.6 Å². The summed E-state index contributed by atoms with van der Waals surface area (Å²) in [7, 11) is -3.66. The first-order valence-electron chi connectivity index (χ1n) is 12.4. The van der Waals surface area contributed by atoms with Crippen molar-refractivity contribution in [3.05, 3.63) is 88.2 Å². The zero-order chi connectivity index (χ0) is 26.8. The maximum absolute atomic E-state index is 14.8. The van der Waals surface area contributed by atoms with Crippen molar-refractivity contribution in [3.8, 4) is 0 Å². The first-order chi connectivity index (χ1) is 17.5. The van der Waals surface area contributed by atoms with Gasteiger partial charge < -0.3 is 10.6 Å². The van der Waals surface area contributed by atoms with E-state index in [2.05, 4.69) is 10.6 Å². The number of nitrogens with one attached hydrogen (secondary N) is 2. The van der Waals surface area contributed by atoms with Crippen molar-refractivity contribution in [2.24, 2.45) is 5.92 Å². The summed E-state index contributed by atoms with van der Waals surface area (Å²) in [5, 5.41) is 6.62. The Morgan fingerprint density at radius 2 is 1.59 bits per heavy atom. The quantitative estimate of drug-likeness (QED) is 0.379. The second-order valence-corrected chi connectivity index (χ2v) is 12.5. The molecule has 0 aromatic heterocycles. The number of aryl methyl sites for hydroxylation is 1. The van der Waals surface area contributed by atoms with Gasteiger partial charge in [-0.2, -0.15) is 0 Å². The van der Waals surface area contributed by atoms with Gasteiger partial charge in [-0.15, -0.1) is 0 Å². The SMILES string of the molecule is Cc1cc(F)c(NC(=O)C(C)C)cc1C1(Cc2ccc(S(=O)(=O)c3ccc(Cl)cc3)cc2)CCNCC1. The van der Waals surface area contributed by atoms with Crippen LogP contribution < -0.4 is 10.6 Å². The van der Waals surface area contributed by atoms with E-state index in [-0.39, 0.29) is 32.7 Å². The molecule has 0 aliphatic carbocycles. The van der Waals surface area contributed by atoms with Crippen molar-refractivity contribution in [1.82, 2.24) is 5.32 Å². The van der Waals surface area contributed by atoms with Crippen LogP contribution in [0.3, 0.4) is 0 Å². The number of rotatable bonds is 7. The Morgan fingerprint density at radius 3 is 2.16 bits per heavy atom. The van der Waals surface area contributed by atoms with Gasteiger partial charge in [0, 0.05) is 16.4 Å². The predicted octanol–water partition coefficient (Wildman–Crippen LogP) is 6.08. The maximum Gasteiger partial charge on any atom is 0.227 e. The average molecular weight is 543 g/mol. The highest BCUT2D eigenvalue weighted by Gasteiger charge is 2.36. The number of benzene rings is 3. The van der Waals surface area contributed by atoms with Crippen molar-refractivity contribution in [3.63, 3.8) is 0 Å². The Labute approximate surface area is 223 Å². The molecular weight excluding hydrogens is 511 g/mol. The zero-order valence-corrected chi connectivity index (χ0v) is 22.8. The van der Waals surface area contributed by atoms with Crippen molar-refractivity contribution >= 4 is 33.0 Å². The first-order valence-corrected chi connectivity index (χ1v) is 14.3. The molecule has 1 aliphatic heterocycles. The maximum atomic E-state index is 14.8. The number of anilines is 1. The number of carbonyl (C=O) groups excluding carboxylic acids is 1. The molecule has 0 saturated carbocycles. The monoisotopic (exact) mass is 542 g/mol. The molecule has 0 spiro atoms. The molecule has 1 heterocycles. The molecule has 0 unspecified atom stereocenters. The Morgan fingerprint density at radius 1 is 1.03 bits per heavy atom. The van der Waals surface area contributed by atoms with E-state index in [1.54, 1.807) is 44.2 Å². The van der Waals surface area contributed by atoms with Gasteiger partial charge in [0.2, 0.25) is 15.7 Å². The molecule has 0 bridgehead atoms. The molecule has 1 aliphatic rings. The summed E-state index contributed by atoms with van der Waals surface area (Å²) in [5.74, 6) is -0.943. The van der Waals surface area contributed by atoms with E-state index >= 15 is 0 Å². The summed E-state index contributed by atoms with van der Waals surface area (Å²) in [4.78, 5) is 12.7. The molecule has 196 valence electrons. The van der Waals surface area contributed by atoms with Crippen LogP contribution >= 0.6 is 11.6 Å². The highest BCUT2D eigenvalue weighted by Crippen LogP contribution is 2.41. The van der Waals surface area contributed by atoms with Crippen molar-refractivity contribution in [2.45, 2.75) is 55.2 Å². The highest BCUT2D eigenvalue weighted by atomic mass is 35.5. The fourth-order valence-electron chi connectivity index (χ4n) is 4.99. The Bertz CT molecular complexity index is 1380. The molecule has 5 nitrogen and oxygen atoms in total. The number of halogens is 2. The Kier molecular flexibility index (Phi) is 8.07. The van der Waals surface area contributed by atoms with Crippen LogP contribution in [0.1, 0.15) is 43.4 Å². The third-order valence-corrected chi connectivity index (χ3v) is 9.17. The third kappa shape index (κ3) is 5.89. The second kappa shape index (κ2) is 10.9. The normalized spacial score (nSPS) is 15.5. The standard InChI is InChI=1S/C29H32ClFN2O3S/c1-19(2)28(34)33-27-17-25(20(3)16-26(27)31)29(12-14-32-15-13-29)18-21-4-8-23(9-5-21)37(35,36)24-10-6-22(30)7-11-24/h4-11,16-17,19,32H,12-15,18H2,1-3H3,(H,33,34). The van der Waals surface area contributed by atoms with Crippen LogP contribution in [0.4, 0.5) is 10.1 Å². The van der Waals surface area contributed by atoms with E-state index < -0.39 is 15.7 Å². The summed E-state index contributed by atoms with van der Waals surface area (Å²) in [5.41, 5.74) is 2.75. The topological polar surface area (TPSA) is 75.3 Å². The smallest absolute Gasteiger partial charge is 0.227 e. The molecule has 2 N–H and O–H groups in total. The minimum absolute atomic E-state index is 0.192. The highest BCUT2D eigenvalue weighted by molar-refractivity contribution is 7.91. The Balaban J connectivity index is 1.67. The molecule has 3 aromatic rings. The van der Waals surface area contributed by atoms with Crippen LogP contribution in [-0.4, -0.2) is 27.4 Å². The molecule has 8 heteroatoms. The number of sulfone groups is 1. The van der Waals surface area contributed by atoms with Crippen LogP contribution in [0.25, 0.3) is 0 Å². The van der Waals surface area contributed by atoms with Crippen LogP contribution in [0.2, 0.25) is 5.02 Å². The minimum atomic E-state index is -3.66. The molecule has 0 radical (unpaired) electrons. The van der Waals surface area contributed by atoms with Gasteiger partial charge in [0.25, 0.3) is 0 Å². The lowest BCUT2D eigenvalue weighted by molar-refractivity contribution is -0.118. The van der Waals surface area contributed by atoms with Gasteiger partial charge in [-0.3, -0.25) is 4.79 Å². The summed E-state index contributed by atoms with van der Waals surface area (Å²) < 4.78 is 40.9. The van der Waals surface area contributed by atoms with Gasteiger partial charge in [-0.25, -0.2) is 12.8 Å². The van der Waals surface area contributed by atoms with E-state index in [9.17, 15) is 17.6 Å². The summed E-state index contributed by atoms with van der Waals surface area (Å²) in [6.07, 6.45) is 2.34. The number of hydrogen-bond acceptors (Lipinski definition) is 4. The summed E-state index contributed by atoms with van der Waals surface area (Å²) in [6.45, 7) is 7.07. The van der Waals surface area contributed by atoms with Crippen LogP contribution in [0.15, 0.2) is 70.5 Å². The van der Waals surface area contributed by atoms with E-state index in [1.165, 1.54) is 18.2 Å². The number of carbonyl (C=O) groups is 1. The van der Waals surface area contributed by atoms with Gasteiger partial charge in [-0.05, 0) is 104 Å². The van der Waals surface area contributed by atoms with Gasteiger partial charge in [-0.1, -0.05) is 37.6 Å². The molecule has 4 rings (SSSR count). The summed E-state index contributed by atoms with van der Waals surface area (Å²) in [6, 6.07) is 16.4. The van der Waals surface area contributed by atoms with Crippen LogP contribution in [0.5, 0.6) is 0 Å². The second-order valence-electron chi connectivity index (χ2n) is 10.1. The average Bonchev–Trinajstić information content (AvgIpc) is 2.86. The van der Waals surface area contributed by atoms with E-state index in [4.69, 9.17) is 11.6 Å². The first kappa shape index (κ1) is 27.3. The van der Waals surface area contributed by atoms with Crippen molar-refractivity contribution < 1.29 is 17.6 Å². The van der Waals surface area contributed by atoms with E-state index in [0.29, 0.717) is 11.4 Å². The molecule has 1 fully saturated rings. The number of piperidine rings is 1. The zero-order valence-electron chi connectivity index (χ0n) is 21.3. The van der Waals surface area contributed by atoms with Gasteiger partial charge in [0.1, 0.15) is 5.82 Å². The van der Waals surface area contributed by atoms with Crippen molar-refractivity contribution in [1.29, 1.82) is 0 Å². The van der Waals surface area contributed by atoms with E-state index in [1.807, 2.05) is 19.1 Å². The molecule has 1 saturated heterocycles.